The van der Waals surface area contributed by atoms with Crippen LogP contribution in [-0.2, 0) is 9.53 Å². The number of morpholine rings is 1. The second-order valence-corrected chi connectivity index (χ2v) is 6.55. The van der Waals surface area contributed by atoms with Gasteiger partial charge in [0, 0.05) is 38.6 Å². The van der Waals surface area contributed by atoms with Gasteiger partial charge in [-0.05, 0) is 39.4 Å². The van der Waals surface area contributed by atoms with Gasteiger partial charge in [0.05, 0.1) is 13.2 Å². The van der Waals surface area contributed by atoms with E-state index in [1.54, 1.807) is 0 Å². The normalized spacial score (nSPS) is 25.5. The third kappa shape index (κ3) is 4.94. The third-order valence-electron chi connectivity index (χ3n) is 4.88. The number of hydrogen-bond donors (Lipinski definition) is 0. The van der Waals surface area contributed by atoms with E-state index < -0.39 is 0 Å². The van der Waals surface area contributed by atoms with E-state index in [9.17, 15) is 4.79 Å². The van der Waals surface area contributed by atoms with Crippen LogP contribution in [0.2, 0.25) is 0 Å². The fraction of sp³-hybridized carbons (Fsp3) is 0.938. The Morgan fingerprint density at radius 3 is 2.71 bits per heavy atom. The standard InChI is InChI=1S/C16H31N3O2/c1-4-17(3)12-15-5-6-19(13-15)14(2)11-16(20)18-7-9-21-10-8-18/h14-15H,4-13H2,1-3H3/t14-,15+/m0/s1. The molecule has 0 N–H and O–H groups in total. The van der Waals surface area contributed by atoms with Crippen molar-refractivity contribution in [3.05, 3.63) is 0 Å². The van der Waals surface area contributed by atoms with Crippen molar-refractivity contribution in [1.29, 1.82) is 0 Å². The SMILES string of the molecule is CCN(C)C[C@H]1CCN([C@@H](C)CC(=O)N2CCOCC2)C1. The first-order valence-electron chi connectivity index (χ1n) is 8.38. The number of rotatable bonds is 6. The van der Waals surface area contributed by atoms with Crippen molar-refractivity contribution >= 4 is 5.91 Å². The second kappa shape index (κ2) is 8.11. The number of carbonyl (C=O) groups is 1. The molecule has 5 heteroatoms. The van der Waals surface area contributed by atoms with Crippen LogP contribution in [0.1, 0.15) is 26.7 Å². The van der Waals surface area contributed by atoms with E-state index in [0.717, 1.165) is 38.6 Å². The highest BCUT2D eigenvalue weighted by Gasteiger charge is 2.28. The number of ether oxygens (including phenoxy) is 1. The molecule has 0 aromatic carbocycles. The monoisotopic (exact) mass is 297 g/mol. The maximum absolute atomic E-state index is 12.3. The summed E-state index contributed by atoms with van der Waals surface area (Å²) in [5.41, 5.74) is 0. The zero-order valence-electron chi connectivity index (χ0n) is 13.9. The topological polar surface area (TPSA) is 36.0 Å². The molecule has 0 aromatic heterocycles. The Hall–Kier alpha value is -0.650. The molecule has 0 radical (unpaired) electrons. The minimum Gasteiger partial charge on any atom is -0.378 e. The van der Waals surface area contributed by atoms with Crippen LogP contribution in [-0.4, -0.2) is 86.2 Å². The van der Waals surface area contributed by atoms with Gasteiger partial charge in [-0.3, -0.25) is 9.69 Å². The summed E-state index contributed by atoms with van der Waals surface area (Å²) in [4.78, 5) is 19.1. The van der Waals surface area contributed by atoms with E-state index in [1.165, 1.54) is 13.0 Å². The van der Waals surface area contributed by atoms with Crippen LogP contribution in [0.3, 0.4) is 0 Å². The molecule has 2 aliphatic heterocycles. The summed E-state index contributed by atoms with van der Waals surface area (Å²) in [6.07, 6.45) is 1.91. The molecule has 2 aliphatic rings. The van der Waals surface area contributed by atoms with Crippen molar-refractivity contribution in [2.75, 3.05) is 59.5 Å². The zero-order chi connectivity index (χ0) is 15.2. The summed E-state index contributed by atoms with van der Waals surface area (Å²) in [6.45, 7) is 11.9. The molecular weight excluding hydrogens is 266 g/mol. The van der Waals surface area contributed by atoms with Gasteiger partial charge in [-0.2, -0.15) is 0 Å². The fourth-order valence-electron chi connectivity index (χ4n) is 3.31. The van der Waals surface area contributed by atoms with Crippen LogP contribution in [0.15, 0.2) is 0 Å². The fourth-order valence-corrected chi connectivity index (χ4v) is 3.31. The van der Waals surface area contributed by atoms with E-state index in [1.807, 2.05) is 4.90 Å². The van der Waals surface area contributed by atoms with Crippen LogP contribution in [0.25, 0.3) is 0 Å². The molecule has 2 saturated heterocycles. The summed E-state index contributed by atoms with van der Waals surface area (Å²) in [6, 6.07) is 0.359. The van der Waals surface area contributed by atoms with E-state index in [4.69, 9.17) is 4.74 Å². The molecule has 5 nitrogen and oxygen atoms in total. The number of carbonyl (C=O) groups excluding carboxylic acids is 1. The Bertz CT molecular complexity index is 331. The van der Waals surface area contributed by atoms with Gasteiger partial charge in [-0.25, -0.2) is 0 Å². The van der Waals surface area contributed by atoms with Gasteiger partial charge in [0.1, 0.15) is 0 Å². The predicted molar refractivity (Wildman–Crippen MR) is 84.3 cm³/mol. The van der Waals surface area contributed by atoms with E-state index >= 15 is 0 Å². The first-order valence-corrected chi connectivity index (χ1v) is 8.38. The molecule has 2 heterocycles. The quantitative estimate of drug-likeness (QED) is 0.730. The Balaban J connectivity index is 1.73. The summed E-state index contributed by atoms with van der Waals surface area (Å²) in [5.74, 6) is 1.05. The summed E-state index contributed by atoms with van der Waals surface area (Å²) in [7, 11) is 2.19. The van der Waals surface area contributed by atoms with Gasteiger partial charge < -0.3 is 14.5 Å². The molecule has 2 rings (SSSR count). The Kier molecular flexibility index (Phi) is 6.45. The van der Waals surface area contributed by atoms with Crippen molar-refractivity contribution in [2.24, 2.45) is 5.92 Å². The van der Waals surface area contributed by atoms with Crippen LogP contribution < -0.4 is 0 Å². The van der Waals surface area contributed by atoms with Gasteiger partial charge in [-0.15, -0.1) is 0 Å². The zero-order valence-corrected chi connectivity index (χ0v) is 13.9. The summed E-state index contributed by atoms with van der Waals surface area (Å²) >= 11 is 0. The van der Waals surface area contributed by atoms with E-state index in [0.29, 0.717) is 31.6 Å². The molecule has 2 atom stereocenters. The maximum atomic E-state index is 12.3. The lowest BCUT2D eigenvalue weighted by Crippen LogP contribution is -2.44. The maximum Gasteiger partial charge on any atom is 0.224 e. The van der Waals surface area contributed by atoms with E-state index in [-0.39, 0.29) is 0 Å². The minimum atomic E-state index is 0.292. The molecule has 21 heavy (non-hydrogen) atoms. The Morgan fingerprint density at radius 1 is 1.33 bits per heavy atom. The number of hydrogen-bond acceptors (Lipinski definition) is 4. The predicted octanol–water partition coefficient (Wildman–Crippen LogP) is 0.897. The summed E-state index contributed by atoms with van der Waals surface area (Å²) in [5, 5.41) is 0. The largest absolute Gasteiger partial charge is 0.378 e. The van der Waals surface area contributed by atoms with Gasteiger partial charge in [0.2, 0.25) is 5.91 Å². The average Bonchev–Trinajstić information content (AvgIpc) is 2.96. The molecule has 0 saturated carbocycles. The number of nitrogens with zero attached hydrogens (tertiary/aromatic N) is 3. The minimum absolute atomic E-state index is 0.292. The molecule has 0 bridgehead atoms. The summed E-state index contributed by atoms with van der Waals surface area (Å²) < 4.78 is 5.31. The lowest BCUT2D eigenvalue weighted by molar-refractivity contribution is -0.136. The van der Waals surface area contributed by atoms with Crippen LogP contribution in [0.5, 0.6) is 0 Å². The lowest BCUT2D eigenvalue weighted by Gasteiger charge is -2.30. The number of likely N-dealkylation sites (tertiary alicyclic amines) is 1. The highest BCUT2D eigenvalue weighted by molar-refractivity contribution is 5.76. The van der Waals surface area contributed by atoms with Crippen molar-refractivity contribution in [2.45, 2.75) is 32.7 Å². The van der Waals surface area contributed by atoms with Crippen molar-refractivity contribution in [3.8, 4) is 0 Å². The van der Waals surface area contributed by atoms with Crippen LogP contribution in [0, 0.1) is 5.92 Å². The van der Waals surface area contributed by atoms with Gasteiger partial charge in [0.25, 0.3) is 0 Å². The van der Waals surface area contributed by atoms with Crippen molar-refractivity contribution in [3.63, 3.8) is 0 Å². The van der Waals surface area contributed by atoms with Crippen LogP contribution >= 0.6 is 0 Å². The Labute approximate surface area is 129 Å². The first kappa shape index (κ1) is 16.7. The molecule has 1 amide bonds. The van der Waals surface area contributed by atoms with Crippen LogP contribution in [0.4, 0.5) is 0 Å². The highest BCUT2D eigenvalue weighted by atomic mass is 16.5. The molecule has 2 fully saturated rings. The second-order valence-electron chi connectivity index (χ2n) is 6.55. The Morgan fingerprint density at radius 2 is 2.05 bits per heavy atom. The molecule has 0 aromatic rings. The van der Waals surface area contributed by atoms with Crippen molar-refractivity contribution < 1.29 is 9.53 Å². The molecule has 122 valence electrons. The van der Waals surface area contributed by atoms with Gasteiger partial charge >= 0.3 is 0 Å². The number of amides is 1. The highest BCUT2D eigenvalue weighted by Crippen LogP contribution is 2.21. The van der Waals surface area contributed by atoms with E-state index in [2.05, 4.69) is 30.7 Å². The molecule has 0 unspecified atom stereocenters. The van der Waals surface area contributed by atoms with Crippen molar-refractivity contribution in [1.82, 2.24) is 14.7 Å². The van der Waals surface area contributed by atoms with Gasteiger partial charge in [0.15, 0.2) is 0 Å². The average molecular weight is 297 g/mol. The van der Waals surface area contributed by atoms with Gasteiger partial charge in [-0.1, -0.05) is 6.92 Å². The third-order valence-corrected chi connectivity index (χ3v) is 4.88. The molecule has 0 spiro atoms. The first-order chi connectivity index (χ1) is 10.1. The molecule has 0 aliphatic carbocycles. The molecular formula is C16H31N3O2. The lowest BCUT2D eigenvalue weighted by atomic mass is 10.1. The smallest absolute Gasteiger partial charge is 0.224 e.